The molecule has 0 atom stereocenters. The van der Waals surface area contributed by atoms with Crippen LogP contribution in [0.25, 0.3) is 44.1 Å². The van der Waals surface area contributed by atoms with E-state index < -0.39 is 20.1 Å². The lowest BCUT2D eigenvalue weighted by molar-refractivity contribution is -0.660. The molecule has 3 aromatic heterocycles. The Morgan fingerprint density at radius 1 is 1.11 bits per heavy atom. The van der Waals surface area contributed by atoms with Gasteiger partial charge in [-0.1, -0.05) is 31.1 Å². The molecule has 0 saturated heterocycles. The van der Waals surface area contributed by atoms with Crippen LogP contribution < -0.4 is 4.57 Å². The molecule has 0 saturated carbocycles. The number of rotatable bonds is 2. The lowest BCUT2D eigenvalue weighted by Gasteiger charge is -2.11. The Morgan fingerprint density at radius 2 is 1.96 bits per heavy atom. The normalized spacial score (nSPS) is 17.4. The van der Waals surface area contributed by atoms with Crippen LogP contribution in [0, 0.1) is 13.8 Å². The van der Waals surface area contributed by atoms with Crippen LogP contribution in [0.1, 0.15) is 34.6 Å². The van der Waals surface area contributed by atoms with Crippen LogP contribution in [0.2, 0.25) is 0 Å². The number of fused-ring (bicyclic) bond motifs is 5. The monoisotopic (exact) mass is 375 g/mol. The molecular formula is C25H23N2O+. The van der Waals surface area contributed by atoms with Crippen LogP contribution in [0.5, 0.6) is 0 Å². The van der Waals surface area contributed by atoms with Gasteiger partial charge in [0, 0.05) is 39.6 Å². The minimum absolute atomic E-state index is 0.0234. The number of nitrogens with zero attached hydrogens (tertiary/aromatic N) is 2. The van der Waals surface area contributed by atoms with Crippen molar-refractivity contribution in [3.05, 3.63) is 71.5 Å². The van der Waals surface area contributed by atoms with Crippen molar-refractivity contribution >= 4 is 32.8 Å². The van der Waals surface area contributed by atoms with Gasteiger partial charge < -0.3 is 4.42 Å². The van der Waals surface area contributed by atoms with Crippen molar-refractivity contribution in [2.24, 2.45) is 7.05 Å². The molecule has 3 nitrogen and oxygen atoms in total. The number of pyridine rings is 2. The zero-order valence-corrected chi connectivity index (χ0v) is 15.5. The Morgan fingerprint density at radius 3 is 2.79 bits per heavy atom. The van der Waals surface area contributed by atoms with Gasteiger partial charge in [0.15, 0.2) is 11.8 Å². The lowest BCUT2D eigenvalue weighted by Crippen LogP contribution is -2.30. The molecule has 0 amide bonds. The Kier molecular flexibility index (Phi) is 2.28. The predicted octanol–water partition coefficient (Wildman–Crippen LogP) is 5.80. The van der Waals surface area contributed by atoms with Gasteiger partial charge in [0.2, 0.25) is 11.4 Å². The summed E-state index contributed by atoms with van der Waals surface area (Å²) >= 11 is 0. The van der Waals surface area contributed by atoms with Crippen LogP contribution >= 0.6 is 0 Å². The third kappa shape index (κ3) is 2.36. The maximum Gasteiger partial charge on any atom is 0.227 e. The van der Waals surface area contributed by atoms with Crippen molar-refractivity contribution in [1.82, 2.24) is 4.98 Å². The molecule has 0 spiro atoms. The van der Waals surface area contributed by atoms with Gasteiger partial charge in [-0.25, -0.2) is 9.55 Å². The van der Waals surface area contributed by atoms with E-state index in [2.05, 4.69) is 4.98 Å². The number of furan rings is 1. The fourth-order valence-electron chi connectivity index (χ4n) is 3.96. The average molecular weight is 376 g/mol. The van der Waals surface area contributed by atoms with E-state index in [1.54, 1.807) is 23.9 Å². The lowest BCUT2D eigenvalue weighted by atomic mass is 9.93. The second kappa shape index (κ2) is 6.16. The van der Waals surface area contributed by atoms with Crippen molar-refractivity contribution in [3.8, 4) is 11.3 Å². The summed E-state index contributed by atoms with van der Waals surface area (Å²) in [5.41, 5.74) is 2.68. The number of hydrogen-bond acceptors (Lipinski definition) is 2. The predicted molar refractivity (Wildman–Crippen MR) is 114 cm³/mol. The highest BCUT2D eigenvalue weighted by atomic mass is 16.3. The molecule has 0 fully saturated rings. The molecule has 0 aliphatic heterocycles. The maximum atomic E-state index is 8.27. The quantitative estimate of drug-likeness (QED) is 0.365. The first-order valence-corrected chi connectivity index (χ1v) is 8.97. The summed E-state index contributed by atoms with van der Waals surface area (Å²) in [7, 11) is 1.79. The van der Waals surface area contributed by atoms with Gasteiger partial charge in [-0.3, -0.25) is 0 Å². The molecule has 138 valence electrons. The average Bonchev–Trinajstić information content (AvgIpc) is 3.17. The van der Waals surface area contributed by atoms with Crippen LogP contribution in [0.4, 0.5) is 0 Å². The number of aromatic nitrogens is 2. The zero-order chi connectivity index (χ0) is 26.2. The minimum Gasteiger partial charge on any atom is -0.437 e. The SMILES string of the molecule is [2H]C([2H])([2H])c1ccc2c(n1)oc1c(-c3cc(C([2H])([2H])C([2H])([2H])[2H])cc[n+]3C)c(C)c3ccccc3c12. The van der Waals surface area contributed by atoms with Crippen molar-refractivity contribution in [2.45, 2.75) is 27.0 Å². The van der Waals surface area contributed by atoms with Crippen LogP contribution in [-0.2, 0) is 13.4 Å². The highest BCUT2D eigenvalue weighted by Gasteiger charge is 2.24. The van der Waals surface area contributed by atoms with Crippen LogP contribution in [0.3, 0.4) is 0 Å². The summed E-state index contributed by atoms with van der Waals surface area (Å²) in [5.74, 6) is 0. The summed E-state index contributed by atoms with van der Waals surface area (Å²) in [6.07, 6.45) is -0.938. The molecule has 5 rings (SSSR count). The molecule has 0 aliphatic rings. The second-order valence-corrected chi connectivity index (χ2v) is 6.94. The van der Waals surface area contributed by atoms with Gasteiger partial charge in [-0.05, 0) is 54.2 Å². The third-order valence-electron chi connectivity index (χ3n) is 5.31. The van der Waals surface area contributed by atoms with Gasteiger partial charge in [-0.15, -0.1) is 0 Å². The summed E-state index contributed by atoms with van der Waals surface area (Å²) in [6, 6.07) is 13.9. The van der Waals surface area contributed by atoms with Crippen LogP contribution in [0.15, 0.2) is 59.1 Å². The van der Waals surface area contributed by atoms with E-state index in [1.807, 2.05) is 31.2 Å². The Hall–Kier alpha value is -3.20. The second-order valence-electron chi connectivity index (χ2n) is 6.94. The van der Waals surface area contributed by atoms with E-state index in [0.29, 0.717) is 22.2 Å². The zero-order valence-electron chi connectivity index (χ0n) is 23.5. The highest BCUT2D eigenvalue weighted by Crippen LogP contribution is 2.42. The summed E-state index contributed by atoms with van der Waals surface area (Å²) in [6.45, 7) is -3.32. The molecule has 0 bridgehead atoms. The number of aryl methyl sites for hydroxylation is 4. The molecule has 0 unspecified atom stereocenters. The van der Waals surface area contributed by atoms with E-state index in [4.69, 9.17) is 15.4 Å². The van der Waals surface area contributed by atoms with E-state index in [0.717, 1.165) is 21.7 Å². The standard InChI is InChI=1S/C25H23N2O/c1-5-17-12-13-27(4)21(14-17)22-16(3)18-8-6-7-9-19(18)23-20-11-10-15(2)26-25(20)28-24(22)23/h6-14H,5H2,1-4H3/q+1/i1D3,2D3,5D2. The Labute approximate surface area is 175 Å². The van der Waals surface area contributed by atoms with Crippen molar-refractivity contribution in [3.63, 3.8) is 0 Å². The molecule has 0 radical (unpaired) electrons. The molecule has 3 heteroatoms. The van der Waals surface area contributed by atoms with Crippen molar-refractivity contribution < 1.29 is 20.0 Å². The summed E-state index contributed by atoms with van der Waals surface area (Å²) < 4.78 is 70.9. The first kappa shape index (κ1) is 10.4. The topological polar surface area (TPSA) is 29.9 Å². The smallest absolute Gasteiger partial charge is 0.227 e. The molecular weight excluding hydrogens is 344 g/mol. The third-order valence-corrected chi connectivity index (χ3v) is 5.31. The summed E-state index contributed by atoms with van der Waals surface area (Å²) in [4.78, 5) is 4.30. The molecule has 5 aromatic rings. The number of hydrogen-bond donors (Lipinski definition) is 0. The van der Waals surface area contributed by atoms with E-state index in [-0.39, 0.29) is 17.0 Å². The maximum absolute atomic E-state index is 8.27. The Bertz CT molecular complexity index is 1670. The molecule has 28 heavy (non-hydrogen) atoms. The first-order chi connectivity index (χ1) is 16.7. The van der Waals surface area contributed by atoms with Gasteiger partial charge in [0.1, 0.15) is 7.05 Å². The van der Waals surface area contributed by atoms with Crippen molar-refractivity contribution in [2.75, 3.05) is 0 Å². The number of benzene rings is 2. The first-order valence-electron chi connectivity index (χ1n) is 13.0. The van der Waals surface area contributed by atoms with E-state index in [1.165, 1.54) is 18.2 Å². The van der Waals surface area contributed by atoms with Crippen LogP contribution in [-0.4, -0.2) is 4.98 Å². The van der Waals surface area contributed by atoms with Gasteiger partial charge in [-0.2, -0.15) is 0 Å². The van der Waals surface area contributed by atoms with Gasteiger partial charge >= 0.3 is 0 Å². The molecule has 0 N–H and O–H groups in total. The molecule has 0 aliphatic carbocycles. The molecule has 2 aromatic carbocycles. The fourth-order valence-corrected chi connectivity index (χ4v) is 3.96. The highest BCUT2D eigenvalue weighted by molar-refractivity contribution is 6.22. The van der Waals surface area contributed by atoms with E-state index >= 15 is 0 Å². The Balaban J connectivity index is 1.92. The van der Waals surface area contributed by atoms with Crippen molar-refractivity contribution in [1.29, 1.82) is 0 Å². The minimum atomic E-state index is -2.85. The fraction of sp³-hybridized carbons (Fsp3) is 0.200. The van der Waals surface area contributed by atoms with Gasteiger partial charge in [0.25, 0.3) is 0 Å². The largest absolute Gasteiger partial charge is 0.437 e. The summed E-state index contributed by atoms with van der Waals surface area (Å²) in [5, 5.41) is 3.27. The van der Waals surface area contributed by atoms with E-state index in [9.17, 15) is 0 Å². The van der Waals surface area contributed by atoms with Gasteiger partial charge in [0.05, 0.1) is 5.56 Å². The molecule has 3 heterocycles.